The van der Waals surface area contributed by atoms with Gasteiger partial charge in [-0.25, -0.2) is 8.96 Å². The summed E-state index contributed by atoms with van der Waals surface area (Å²) in [5.41, 5.74) is -0.381. The van der Waals surface area contributed by atoms with Crippen LogP contribution < -0.4 is 10.1 Å². The summed E-state index contributed by atoms with van der Waals surface area (Å²) in [7, 11) is -2.71. The number of phosphoric ester groups is 1. The molecule has 27 heavy (non-hydrogen) atoms. The fourth-order valence-corrected chi connectivity index (χ4v) is 4.47. The van der Waals surface area contributed by atoms with Gasteiger partial charge in [-0.05, 0) is 51.3 Å². The Balaban J connectivity index is 1.65. The quantitative estimate of drug-likeness (QED) is 0.436. The number of fused-ring (bicyclic) bond motifs is 3. The molecule has 3 aliphatic carbocycles. The second-order valence-electron chi connectivity index (χ2n) is 7.37. The average molecular weight is 424 g/mol. The molecule has 152 valence electrons. The van der Waals surface area contributed by atoms with E-state index >= 15 is 0 Å². The van der Waals surface area contributed by atoms with Crippen molar-refractivity contribution in [1.29, 1.82) is 0 Å². The molecule has 1 aromatic rings. The van der Waals surface area contributed by atoms with E-state index in [-0.39, 0.29) is 22.1 Å². The third kappa shape index (κ3) is 4.82. The Hall–Kier alpha value is -0.730. The van der Waals surface area contributed by atoms with E-state index in [0.29, 0.717) is 18.8 Å². The van der Waals surface area contributed by atoms with Crippen molar-refractivity contribution in [1.82, 2.24) is 5.32 Å². The molecule has 3 N–H and O–H groups in total. The minimum atomic E-state index is -4.58. The largest absolute Gasteiger partial charge is 0.493 e. The summed E-state index contributed by atoms with van der Waals surface area (Å²) in [4.78, 5) is 17.7. The molecular weight excluding hydrogens is 400 g/mol. The first-order valence-electron chi connectivity index (χ1n) is 8.76. The summed E-state index contributed by atoms with van der Waals surface area (Å²) >= 11 is 5.70. The van der Waals surface area contributed by atoms with Gasteiger partial charge in [-0.1, -0.05) is 11.6 Å². The van der Waals surface area contributed by atoms with E-state index in [1.807, 2.05) is 7.05 Å². The molecule has 3 saturated carbocycles. The van der Waals surface area contributed by atoms with Crippen LogP contribution in [0.1, 0.15) is 32.1 Å². The molecule has 2 bridgehead atoms. The predicted molar refractivity (Wildman–Crippen MR) is 97.1 cm³/mol. The number of phosphoric acid groups is 1. The highest BCUT2D eigenvalue weighted by molar-refractivity contribution is 7.46. The van der Waals surface area contributed by atoms with Crippen LogP contribution in [0.3, 0.4) is 0 Å². The average Bonchev–Trinajstić information content (AvgIpc) is 2.63. The monoisotopic (exact) mass is 423 g/mol. The van der Waals surface area contributed by atoms with Crippen LogP contribution in [0.4, 0.5) is 4.39 Å². The number of hydrogen-bond donors (Lipinski definition) is 3. The maximum Gasteiger partial charge on any atom is 0.471 e. The Morgan fingerprint density at radius 1 is 1.33 bits per heavy atom. The van der Waals surface area contributed by atoms with E-state index in [9.17, 15) is 8.96 Å². The molecule has 0 spiro atoms. The van der Waals surface area contributed by atoms with E-state index in [2.05, 4.69) is 9.84 Å². The minimum absolute atomic E-state index is 0.0492. The van der Waals surface area contributed by atoms with Crippen LogP contribution in [-0.2, 0) is 13.8 Å². The van der Waals surface area contributed by atoms with Gasteiger partial charge in [-0.2, -0.15) is 0 Å². The van der Waals surface area contributed by atoms with Crippen LogP contribution in [0.15, 0.2) is 18.2 Å². The zero-order chi connectivity index (χ0) is 19.7. The summed E-state index contributed by atoms with van der Waals surface area (Å²) in [6, 6.07) is 4.36. The Bertz CT molecular complexity index is 721. The maximum absolute atomic E-state index is 13.6. The molecule has 7 nitrogen and oxygen atoms in total. The lowest BCUT2D eigenvalue weighted by molar-refractivity contribution is -0.155. The predicted octanol–water partition coefficient (Wildman–Crippen LogP) is 3.23. The standard InChI is InChI=1S/C17H24ClFNO6P/c1-20-17-6-4-16(5-7-17,9-15(17)25-11-26-27(21,22)23)10-24-12-2-3-13(18)14(19)8-12/h2-3,8,15,20H,4-7,9-11H2,1H3,(H2,21,22,23). The topological polar surface area (TPSA) is 97.2 Å². The Morgan fingerprint density at radius 2 is 2.04 bits per heavy atom. The summed E-state index contributed by atoms with van der Waals surface area (Å²) in [5.74, 6) is -0.103. The van der Waals surface area contributed by atoms with E-state index in [1.54, 1.807) is 6.07 Å². The molecule has 3 fully saturated rings. The van der Waals surface area contributed by atoms with Gasteiger partial charge in [-0.15, -0.1) is 0 Å². The molecule has 1 unspecified atom stereocenters. The van der Waals surface area contributed by atoms with Gasteiger partial charge in [0.2, 0.25) is 0 Å². The molecule has 0 aromatic heterocycles. The smallest absolute Gasteiger partial charge is 0.471 e. The van der Waals surface area contributed by atoms with E-state index in [4.69, 9.17) is 30.9 Å². The first-order chi connectivity index (χ1) is 12.7. The molecule has 0 radical (unpaired) electrons. The highest BCUT2D eigenvalue weighted by Crippen LogP contribution is 2.53. The van der Waals surface area contributed by atoms with Crippen molar-refractivity contribution in [2.24, 2.45) is 5.41 Å². The molecule has 0 amide bonds. The van der Waals surface area contributed by atoms with Crippen molar-refractivity contribution in [3.8, 4) is 5.75 Å². The van der Waals surface area contributed by atoms with Crippen molar-refractivity contribution in [2.75, 3.05) is 20.4 Å². The fraction of sp³-hybridized carbons (Fsp3) is 0.647. The Labute approximate surface area is 162 Å². The van der Waals surface area contributed by atoms with Crippen molar-refractivity contribution in [3.05, 3.63) is 29.0 Å². The van der Waals surface area contributed by atoms with Crippen LogP contribution >= 0.6 is 19.4 Å². The van der Waals surface area contributed by atoms with Crippen molar-refractivity contribution in [2.45, 2.75) is 43.7 Å². The van der Waals surface area contributed by atoms with Crippen LogP contribution in [0.2, 0.25) is 5.02 Å². The Kier molecular flexibility index (Phi) is 6.18. The van der Waals surface area contributed by atoms with Gasteiger partial charge >= 0.3 is 7.82 Å². The highest BCUT2D eigenvalue weighted by atomic mass is 35.5. The normalized spacial score (nSPS) is 30.5. The summed E-state index contributed by atoms with van der Waals surface area (Å²) in [6.45, 7) is -0.0647. The van der Waals surface area contributed by atoms with Gasteiger partial charge in [0.15, 0.2) is 6.79 Å². The van der Waals surface area contributed by atoms with Crippen molar-refractivity contribution < 1.29 is 32.7 Å². The number of hydrogen-bond acceptors (Lipinski definition) is 5. The number of likely N-dealkylation sites (N-methyl/N-ethyl adjacent to an activating group) is 1. The number of halogens is 2. The second kappa shape index (κ2) is 7.95. The van der Waals surface area contributed by atoms with Gasteiger partial charge in [0.1, 0.15) is 11.6 Å². The van der Waals surface area contributed by atoms with Crippen molar-refractivity contribution in [3.63, 3.8) is 0 Å². The van der Waals surface area contributed by atoms with Gasteiger partial charge in [0.05, 0.1) is 17.7 Å². The number of benzene rings is 1. The highest BCUT2D eigenvalue weighted by Gasteiger charge is 2.55. The first-order valence-corrected chi connectivity index (χ1v) is 10.7. The molecule has 1 aromatic carbocycles. The maximum atomic E-state index is 13.6. The third-order valence-electron chi connectivity index (χ3n) is 5.86. The van der Waals surface area contributed by atoms with Gasteiger partial charge < -0.3 is 24.6 Å². The van der Waals surface area contributed by atoms with Crippen molar-refractivity contribution >= 4 is 19.4 Å². The minimum Gasteiger partial charge on any atom is -0.493 e. The van der Waals surface area contributed by atoms with Gasteiger partial charge in [0, 0.05) is 17.0 Å². The second-order valence-corrected chi connectivity index (χ2v) is 9.01. The van der Waals surface area contributed by atoms with Gasteiger partial charge in [0.25, 0.3) is 0 Å². The molecule has 4 rings (SSSR count). The van der Waals surface area contributed by atoms with Crippen LogP contribution in [0, 0.1) is 11.2 Å². The number of ether oxygens (including phenoxy) is 2. The third-order valence-corrected chi connectivity index (χ3v) is 6.61. The molecule has 3 aliphatic rings. The molecule has 0 aliphatic heterocycles. The SMILES string of the molecule is CNC12CCC(COc3ccc(Cl)c(F)c3)(CC1)CC2OCOP(=O)(O)O. The number of nitrogens with one attached hydrogen (secondary N) is 1. The zero-order valence-corrected chi connectivity index (χ0v) is 16.6. The Morgan fingerprint density at radius 3 is 2.63 bits per heavy atom. The lowest BCUT2D eigenvalue weighted by Crippen LogP contribution is -2.64. The molecular formula is C17H24ClFNO6P. The van der Waals surface area contributed by atoms with Crippen LogP contribution in [0.5, 0.6) is 5.75 Å². The van der Waals surface area contributed by atoms with Crippen LogP contribution in [-0.4, -0.2) is 41.9 Å². The van der Waals surface area contributed by atoms with E-state index in [1.165, 1.54) is 12.1 Å². The molecule has 1 atom stereocenters. The summed E-state index contributed by atoms with van der Waals surface area (Å²) < 4.78 is 40.5. The van der Waals surface area contributed by atoms with E-state index < -0.39 is 20.4 Å². The number of rotatable bonds is 8. The summed E-state index contributed by atoms with van der Waals surface area (Å²) in [5, 5.41) is 3.38. The molecule has 0 heterocycles. The van der Waals surface area contributed by atoms with Crippen LogP contribution in [0.25, 0.3) is 0 Å². The first kappa shape index (κ1) is 21.0. The van der Waals surface area contributed by atoms with Gasteiger partial charge in [-0.3, -0.25) is 4.52 Å². The lowest BCUT2D eigenvalue weighted by Gasteiger charge is -2.57. The lowest BCUT2D eigenvalue weighted by atomic mass is 9.56. The van der Waals surface area contributed by atoms with E-state index in [0.717, 1.165) is 25.7 Å². The zero-order valence-electron chi connectivity index (χ0n) is 15.0. The fourth-order valence-electron chi connectivity index (χ4n) is 4.16. The summed E-state index contributed by atoms with van der Waals surface area (Å²) in [6.07, 6.45) is 3.94. The molecule has 0 saturated heterocycles. The molecule has 10 heteroatoms.